The third-order valence-corrected chi connectivity index (χ3v) is 2.38. The summed E-state index contributed by atoms with van der Waals surface area (Å²) >= 11 is 0. The number of hydrogen-bond donors (Lipinski definition) is 1. The van der Waals surface area contributed by atoms with Crippen LogP contribution in [0.2, 0.25) is 0 Å². The van der Waals surface area contributed by atoms with Gasteiger partial charge in [0.15, 0.2) is 11.5 Å². The summed E-state index contributed by atoms with van der Waals surface area (Å²) in [6, 6.07) is 5.33. The first-order valence-electron chi connectivity index (χ1n) is 5.58. The minimum atomic E-state index is -1.36. The summed E-state index contributed by atoms with van der Waals surface area (Å²) in [5, 5.41) is 12.7. The molecule has 2 rings (SSSR count). The van der Waals surface area contributed by atoms with Crippen LogP contribution >= 0.6 is 0 Å². The van der Waals surface area contributed by atoms with Gasteiger partial charge in [-0.1, -0.05) is 6.07 Å². The Kier molecular flexibility index (Phi) is 4.19. The van der Waals surface area contributed by atoms with Crippen molar-refractivity contribution in [3.8, 4) is 11.5 Å². The van der Waals surface area contributed by atoms with Crippen LogP contribution in [0.15, 0.2) is 18.2 Å². The molecule has 1 aliphatic rings. The molecule has 1 N–H and O–H groups in total. The van der Waals surface area contributed by atoms with Gasteiger partial charge in [0.25, 0.3) is 0 Å². The van der Waals surface area contributed by atoms with Crippen LogP contribution < -0.4 is 19.9 Å². The van der Waals surface area contributed by atoms with E-state index in [9.17, 15) is 14.7 Å². The molecule has 19 heavy (non-hydrogen) atoms. The average molecular weight is 266 g/mol. The monoisotopic (exact) mass is 266 g/mol. The average Bonchev–Trinajstić information content (AvgIpc) is 2.83. The Morgan fingerprint density at radius 3 is 2.84 bits per heavy atom. The number of carbonyl (C=O) groups excluding carboxylic acids is 2. The van der Waals surface area contributed by atoms with Gasteiger partial charge < -0.3 is 29.4 Å². The number of hydrogen-bond acceptors (Lipinski definition) is 6. The highest BCUT2D eigenvalue weighted by molar-refractivity contribution is 5.77. The van der Waals surface area contributed by atoms with E-state index in [0.717, 1.165) is 5.56 Å². The van der Waals surface area contributed by atoms with E-state index in [1.54, 1.807) is 18.2 Å². The van der Waals surface area contributed by atoms with Crippen LogP contribution in [-0.2, 0) is 20.9 Å². The topological polar surface area (TPSA) is 96.9 Å². The van der Waals surface area contributed by atoms with Crippen molar-refractivity contribution < 1.29 is 28.9 Å². The van der Waals surface area contributed by atoms with Crippen LogP contribution in [0.4, 0.5) is 0 Å². The Bertz CT molecular complexity index is 487. The lowest BCUT2D eigenvalue weighted by Gasteiger charge is -2.07. The van der Waals surface area contributed by atoms with E-state index in [-0.39, 0.29) is 13.4 Å². The fraction of sp³-hybridized carbons (Fsp3) is 0.333. The third-order valence-electron chi connectivity index (χ3n) is 2.38. The molecule has 0 saturated heterocycles. The number of aliphatic carboxylic acids is 1. The van der Waals surface area contributed by atoms with Crippen molar-refractivity contribution in [1.82, 2.24) is 5.32 Å². The molecule has 0 bridgehead atoms. The molecule has 0 aromatic heterocycles. The minimum Gasteiger partial charge on any atom is -0.548 e. The summed E-state index contributed by atoms with van der Waals surface area (Å²) in [5.74, 6) is -0.449. The summed E-state index contributed by atoms with van der Waals surface area (Å²) in [5.41, 5.74) is 0.845. The van der Waals surface area contributed by atoms with Crippen LogP contribution in [0.25, 0.3) is 0 Å². The predicted octanol–water partition coefficient (Wildman–Crippen LogP) is -1.20. The standard InChI is InChI=1S/C12H13NO6/c14-11(5-17-6-12(15)16)13-4-8-1-2-9-10(3-8)19-7-18-9/h1-3H,4-7H2,(H,13,14)(H,15,16)/p-1. The molecule has 7 heteroatoms. The summed E-state index contributed by atoms with van der Waals surface area (Å²) in [6.45, 7) is -0.428. The number of carboxylic acids is 1. The van der Waals surface area contributed by atoms with Gasteiger partial charge in [0.05, 0.1) is 12.6 Å². The van der Waals surface area contributed by atoms with Crippen molar-refractivity contribution in [1.29, 1.82) is 0 Å². The van der Waals surface area contributed by atoms with Gasteiger partial charge in [-0.25, -0.2) is 0 Å². The largest absolute Gasteiger partial charge is 0.548 e. The van der Waals surface area contributed by atoms with Crippen molar-refractivity contribution in [2.75, 3.05) is 20.0 Å². The van der Waals surface area contributed by atoms with Crippen molar-refractivity contribution in [3.63, 3.8) is 0 Å². The van der Waals surface area contributed by atoms with Gasteiger partial charge in [-0.3, -0.25) is 4.79 Å². The maximum absolute atomic E-state index is 11.3. The Balaban J connectivity index is 1.76. The van der Waals surface area contributed by atoms with E-state index in [1.807, 2.05) is 0 Å². The summed E-state index contributed by atoms with van der Waals surface area (Å²) < 4.78 is 15.0. The molecular weight excluding hydrogens is 254 g/mol. The molecule has 1 amide bonds. The maximum atomic E-state index is 11.3. The quantitative estimate of drug-likeness (QED) is 0.694. The van der Waals surface area contributed by atoms with Gasteiger partial charge in [-0.2, -0.15) is 0 Å². The third kappa shape index (κ3) is 3.85. The van der Waals surface area contributed by atoms with Crippen molar-refractivity contribution >= 4 is 11.9 Å². The van der Waals surface area contributed by atoms with Crippen LogP contribution in [-0.4, -0.2) is 31.9 Å². The van der Waals surface area contributed by atoms with Crippen LogP contribution in [0, 0.1) is 0 Å². The zero-order chi connectivity index (χ0) is 13.7. The van der Waals surface area contributed by atoms with Crippen molar-refractivity contribution in [3.05, 3.63) is 23.8 Å². The number of carbonyl (C=O) groups is 2. The second-order valence-corrected chi connectivity index (χ2v) is 3.83. The summed E-state index contributed by atoms with van der Waals surface area (Å²) in [6.07, 6.45) is 0. The highest BCUT2D eigenvalue weighted by Crippen LogP contribution is 2.32. The number of carboxylic acid groups (broad SMARTS) is 1. The van der Waals surface area contributed by atoms with Crippen molar-refractivity contribution in [2.24, 2.45) is 0 Å². The van der Waals surface area contributed by atoms with Crippen LogP contribution in [0.3, 0.4) is 0 Å². The van der Waals surface area contributed by atoms with Crippen molar-refractivity contribution in [2.45, 2.75) is 6.54 Å². The van der Waals surface area contributed by atoms with E-state index in [1.165, 1.54) is 0 Å². The van der Waals surface area contributed by atoms with E-state index in [4.69, 9.17) is 9.47 Å². The molecule has 7 nitrogen and oxygen atoms in total. The molecule has 0 saturated carbocycles. The SMILES string of the molecule is O=C([O-])COCC(=O)NCc1ccc2c(c1)OCO2. The number of benzene rings is 1. The van der Waals surface area contributed by atoms with Gasteiger partial charge >= 0.3 is 0 Å². The second kappa shape index (κ2) is 6.05. The van der Waals surface area contributed by atoms with Gasteiger partial charge in [0.2, 0.25) is 12.7 Å². The number of ether oxygens (including phenoxy) is 3. The lowest BCUT2D eigenvalue weighted by atomic mass is 10.2. The molecule has 1 aromatic carbocycles. The predicted molar refractivity (Wildman–Crippen MR) is 60.2 cm³/mol. The fourth-order valence-corrected chi connectivity index (χ4v) is 1.53. The fourth-order valence-electron chi connectivity index (χ4n) is 1.53. The smallest absolute Gasteiger partial charge is 0.246 e. The van der Waals surface area contributed by atoms with Gasteiger partial charge in [-0.15, -0.1) is 0 Å². The number of rotatable bonds is 6. The summed E-state index contributed by atoms with van der Waals surface area (Å²) in [4.78, 5) is 21.4. The van der Waals surface area contributed by atoms with Gasteiger partial charge in [0, 0.05) is 6.54 Å². The molecule has 0 unspecified atom stereocenters. The molecule has 0 atom stereocenters. The van der Waals surface area contributed by atoms with Crippen LogP contribution in [0.5, 0.6) is 11.5 Å². The van der Waals surface area contributed by atoms with E-state index in [0.29, 0.717) is 18.0 Å². The molecule has 0 spiro atoms. The first-order chi connectivity index (χ1) is 9.15. The summed E-state index contributed by atoms with van der Waals surface area (Å²) in [7, 11) is 0. The minimum absolute atomic E-state index is 0.197. The molecule has 102 valence electrons. The number of fused-ring (bicyclic) bond motifs is 1. The second-order valence-electron chi connectivity index (χ2n) is 3.83. The number of amides is 1. The molecule has 1 aliphatic heterocycles. The molecule has 1 heterocycles. The maximum Gasteiger partial charge on any atom is 0.246 e. The Labute approximate surface area is 109 Å². The Morgan fingerprint density at radius 2 is 2.05 bits per heavy atom. The molecule has 0 radical (unpaired) electrons. The molecule has 0 aliphatic carbocycles. The van der Waals surface area contributed by atoms with Gasteiger partial charge in [-0.05, 0) is 17.7 Å². The molecule has 1 aromatic rings. The van der Waals surface area contributed by atoms with Gasteiger partial charge in [0.1, 0.15) is 6.61 Å². The lowest BCUT2D eigenvalue weighted by molar-refractivity contribution is -0.309. The first kappa shape index (κ1) is 13.2. The zero-order valence-corrected chi connectivity index (χ0v) is 10.0. The number of nitrogens with one attached hydrogen (secondary N) is 1. The van der Waals surface area contributed by atoms with E-state index in [2.05, 4.69) is 10.1 Å². The molecule has 0 fully saturated rings. The molecular formula is C12H12NO6-. The first-order valence-corrected chi connectivity index (χ1v) is 5.58. The highest BCUT2D eigenvalue weighted by Gasteiger charge is 2.13. The normalized spacial score (nSPS) is 12.2. The Morgan fingerprint density at radius 1 is 1.26 bits per heavy atom. The Hall–Kier alpha value is -2.28. The lowest BCUT2D eigenvalue weighted by Crippen LogP contribution is -2.32. The van der Waals surface area contributed by atoms with Crippen LogP contribution in [0.1, 0.15) is 5.56 Å². The van der Waals surface area contributed by atoms with E-state index < -0.39 is 18.5 Å². The van der Waals surface area contributed by atoms with E-state index >= 15 is 0 Å². The zero-order valence-electron chi connectivity index (χ0n) is 10.0. The highest BCUT2D eigenvalue weighted by atomic mass is 16.7.